The van der Waals surface area contributed by atoms with Crippen molar-refractivity contribution in [2.45, 2.75) is 32.6 Å². The van der Waals surface area contributed by atoms with Gasteiger partial charge in [-0.3, -0.25) is 4.79 Å². The van der Waals surface area contributed by atoms with Gasteiger partial charge in [-0.2, -0.15) is 0 Å². The van der Waals surface area contributed by atoms with Crippen molar-refractivity contribution in [1.29, 1.82) is 0 Å². The molecule has 2 heterocycles. The average Bonchev–Trinajstić information content (AvgIpc) is 2.47. The molecule has 106 valence electrons. The van der Waals surface area contributed by atoms with Gasteiger partial charge in [-0.1, -0.05) is 19.1 Å². The van der Waals surface area contributed by atoms with Crippen LogP contribution in [0.2, 0.25) is 0 Å². The maximum atomic E-state index is 12.3. The highest BCUT2D eigenvalue weighted by Gasteiger charge is 2.41. The first-order valence-corrected chi connectivity index (χ1v) is 7.01. The molecular weight excluding hydrogens is 244 g/mol. The molecule has 1 N–H and O–H groups in total. The average molecular weight is 266 g/mol. The third-order valence-corrected chi connectivity index (χ3v) is 4.45. The number of aliphatic carboxylic acids is 1. The van der Waals surface area contributed by atoms with Crippen molar-refractivity contribution in [2.24, 2.45) is 5.41 Å². The Labute approximate surface area is 113 Å². The normalized spacial score (nSPS) is 22.4. The predicted molar refractivity (Wildman–Crippen MR) is 71.9 cm³/mol. The van der Waals surface area contributed by atoms with E-state index in [4.69, 9.17) is 0 Å². The molecule has 1 saturated heterocycles. The highest BCUT2D eigenvalue weighted by Crippen LogP contribution is 2.35. The van der Waals surface area contributed by atoms with Gasteiger partial charge < -0.3 is 14.9 Å². The molecule has 5 nitrogen and oxygen atoms in total. The van der Waals surface area contributed by atoms with E-state index in [1.807, 2.05) is 17.9 Å². The minimum atomic E-state index is -0.719. The fourth-order valence-electron chi connectivity index (χ4n) is 2.86. The molecule has 2 amide bonds. The second-order valence-electron chi connectivity index (χ2n) is 5.41. The molecule has 0 aromatic heterocycles. The first-order chi connectivity index (χ1) is 9.09. The first-order valence-electron chi connectivity index (χ1n) is 7.01. The monoisotopic (exact) mass is 266 g/mol. The van der Waals surface area contributed by atoms with Crippen molar-refractivity contribution in [3.8, 4) is 0 Å². The zero-order valence-corrected chi connectivity index (χ0v) is 11.5. The zero-order chi connectivity index (χ0) is 13.9. The van der Waals surface area contributed by atoms with Crippen molar-refractivity contribution in [2.75, 3.05) is 26.2 Å². The van der Waals surface area contributed by atoms with Crippen LogP contribution >= 0.6 is 0 Å². The molecule has 0 aromatic carbocycles. The van der Waals surface area contributed by atoms with Gasteiger partial charge in [0.15, 0.2) is 0 Å². The predicted octanol–water partition coefficient (Wildman–Crippen LogP) is 1.95. The summed E-state index contributed by atoms with van der Waals surface area (Å²) in [6, 6.07) is 0.0550. The van der Waals surface area contributed by atoms with Crippen LogP contribution in [-0.4, -0.2) is 53.1 Å². The largest absolute Gasteiger partial charge is 0.481 e. The fraction of sp³-hybridized carbons (Fsp3) is 0.714. The van der Waals surface area contributed by atoms with Crippen molar-refractivity contribution < 1.29 is 14.7 Å². The van der Waals surface area contributed by atoms with Crippen LogP contribution in [0.4, 0.5) is 4.79 Å². The summed E-state index contributed by atoms with van der Waals surface area (Å²) in [4.78, 5) is 27.3. The van der Waals surface area contributed by atoms with Gasteiger partial charge in [0.1, 0.15) is 0 Å². The molecule has 0 radical (unpaired) electrons. The van der Waals surface area contributed by atoms with Crippen LogP contribution in [0.25, 0.3) is 0 Å². The number of carbonyl (C=O) groups is 2. The molecule has 1 fully saturated rings. The minimum absolute atomic E-state index is 0.0550. The molecule has 0 spiro atoms. The molecule has 5 heteroatoms. The van der Waals surface area contributed by atoms with Crippen LogP contribution in [0.1, 0.15) is 32.6 Å². The molecule has 2 rings (SSSR count). The summed E-state index contributed by atoms with van der Waals surface area (Å²) in [5, 5.41) is 9.34. The van der Waals surface area contributed by atoms with Gasteiger partial charge in [0.2, 0.25) is 0 Å². The topological polar surface area (TPSA) is 60.9 Å². The molecule has 0 saturated carbocycles. The van der Waals surface area contributed by atoms with Gasteiger partial charge >= 0.3 is 12.0 Å². The van der Waals surface area contributed by atoms with Crippen LogP contribution in [0.15, 0.2) is 12.2 Å². The van der Waals surface area contributed by atoms with E-state index < -0.39 is 11.4 Å². The number of amides is 2. The lowest BCUT2D eigenvalue weighted by atomic mass is 9.76. The van der Waals surface area contributed by atoms with E-state index in [1.165, 1.54) is 0 Å². The standard InChI is InChI=1S/C14H22N2O3/c1-2-14(12(17)18)6-10-16(11-7-14)13(19)15-8-4-3-5-9-15/h3-4H,2,5-11H2,1H3,(H,17,18). The van der Waals surface area contributed by atoms with Crippen LogP contribution in [0.3, 0.4) is 0 Å². The summed E-state index contributed by atoms with van der Waals surface area (Å²) in [7, 11) is 0. The van der Waals surface area contributed by atoms with Crippen LogP contribution in [0.5, 0.6) is 0 Å². The lowest BCUT2D eigenvalue weighted by Gasteiger charge is -2.40. The van der Waals surface area contributed by atoms with Crippen molar-refractivity contribution in [3.05, 3.63) is 12.2 Å². The fourth-order valence-corrected chi connectivity index (χ4v) is 2.86. The Balaban J connectivity index is 1.94. The van der Waals surface area contributed by atoms with E-state index in [2.05, 4.69) is 6.08 Å². The quantitative estimate of drug-likeness (QED) is 0.777. The van der Waals surface area contributed by atoms with E-state index in [-0.39, 0.29) is 6.03 Å². The number of carbonyl (C=O) groups excluding carboxylic acids is 1. The summed E-state index contributed by atoms with van der Waals surface area (Å²) in [5.74, 6) is -0.719. The maximum absolute atomic E-state index is 12.3. The van der Waals surface area contributed by atoms with Gasteiger partial charge in [0.25, 0.3) is 0 Å². The van der Waals surface area contributed by atoms with Crippen molar-refractivity contribution in [1.82, 2.24) is 9.80 Å². The number of hydrogen-bond acceptors (Lipinski definition) is 2. The van der Waals surface area contributed by atoms with Crippen molar-refractivity contribution >= 4 is 12.0 Å². The highest BCUT2D eigenvalue weighted by atomic mass is 16.4. The lowest BCUT2D eigenvalue weighted by Crippen LogP contribution is -2.51. The summed E-state index contributed by atoms with van der Waals surface area (Å²) < 4.78 is 0. The summed E-state index contributed by atoms with van der Waals surface area (Å²) in [6.45, 7) is 4.47. The first kappa shape index (κ1) is 13.9. The van der Waals surface area contributed by atoms with E-state index in [0.717, 1.165) is 13.0 Å². The molecular formula is C14H22N2O3. The van der Waals surface area contributed by atoms with Crippen LogP contribution < -0.4 is 0 Å². The van der Waals surface area contributed by atoms with E-state index >= 15 is 0 Å². The Kier molecular flexibility index (Phi) is 4.12. The third-order valence-electron chi connectivity index (χ3n) is 4.45. The number of carboxylic acids is 1. The number of likely N-dealkylation sites (tertiary alicyclic amines) is 1. The van der Waals surface area contributed by atoms with Gasteiger partial charge in [-0.25, -0.2) is 4.79 Å². The summed E-state index contributed by atoms with van der Waals surface area (Å²) in [6.07, 6.45) is 6.78. The molecule has 19 heavy (non-hydrogen) atoms. The molecule has 2 aliphatic rings. The summed E-state index contributed by atoms with van der Waals surface area (Å²) in [5.41, 5.74) is -0.626. The SMILES string of the molecule is CCC1(C(=O)O)CCN(C(=O)N2CC=CCC2)CC1. The number of rotatable bonds is 2. The molecule has 0 aliphatic carbocycles. The number of hydrogen-bond donors (Lipinski definition) is 1. The number of carboxylic acid groups (broad SMARTS) is 1. The molecule has 0 bridgehead atoms. The van der Waals surface area contributed by atoms with Crippen LogP contribution in [0, 0.1) is 5.41 Å². The van der Waals surface area contributed by atoms with Gasteiger partial charge in [0, 0.05) is 26.2 Å². The third kappa shape index (κ3) is 2.74. The molecule has 0 unspecified atom stereocenters. The Morgan fingerprint density at radius 1 is 1.16 bits per heavy atom. The Bertz CT molecular complexity index is 384. The van der Waals surface area contributed by atoms with E-state index in [0.29, 0.717) is 38.9 Å². The van der Waals surface area contributed by atoms with Gasteiger partial charge in [0.05, 0.1) is 5.41 Å². The number of piperidine rings is 1. The number of nitrogens with zero attached hydrogens (tertiary/aromatic N) is 2. The smallest absolute Gasteiger partial charge is 0.320 e. The Morgan fingerprint density at radius 3 is 2.32 bits per heavy atom. The van der Waals surface area contributed by atoms with Gasteiger partial charge in [-0.05, 0) is 25.7 Å². The lowest BCUT2D eigenvalue weighted by molar-refractivity contribution is -0.152. The van der Waals surface area contributed by atoms with E-state index in [9.17, 15) is 14.7 Å². The summed E-state index contributed by atoms with van der Waals surface area (Å²) >= 11 is 0. The highest BCUT2D eigenvalue weighted by molar-refractivity contribution is 5.77. The molecule has 2 aliphatic heterocycles. The number of urea groups is 1. The minimum Gasteiger partial charge on any atom is -0.481 e. The Hall–Kier alpha value is -1.52. The second kappa shape index (κ2) is 5.63. The Morgan fingerprint density at radius 2 is 1.84 bits per heavy atom. The zero-order valence-electron chi connectivity index (χ0n) is 11.5. The van der Waals surface area contributed by atoms with Gasteiger partial charge in [-0.15, -0.1) is 0 Å². The molecule has 0 aromatic rings. The van der Waals surface area contributed by atoms with E-state index in [1.54, 1.807) is 4.90 Å². The maximum Gasteiger partial charge on any atom is 0.320 e. The van der Waals surface area contributed by atoms with Crippen molar-refractivity contribution in [3.63, 3.8) is 0 Å². The van der Waals surface area contributed by atoms with Crippen LogP contribution in [-0.2, 0) is 4.79 Å². The molecule has 0 atom stereocenters. The second-order valence-corrected chi connectivity index (χ2v) is 5.41.